The maximum Gasteiger partial charge on any atom is 0.236 e. The van der Waals surface area contributed by atoms with Gasteiger partial charge in [-0.05, 0) is 25.7 Å². The number of piperazine rings is 1. The normalized spacial score (nSPS) is 24.2. The lowest BCUT2D eigenvalue weighted by Gasteiger charge is -2.35. The Balaban J connectivity index is 1.36. The largest absolute Gasteiger partial charge is 0.342 e. The molecule has 3 fully saturated rings. The van der Waals surface area contributed by atoms with E-state index in [4.69, 9.17) is 0 Å². The molecule has 3 rings (SSSR count). The molecule has 0 saturated carbocycles. The van der Waals surface area contributed by atoms with E-state index < -0.39 is 0 Å². The molecule has 6 nitrogen and oxygen atoms in total. The van der Waals surface area contributed by atoms with Crippen LogP contribution in [0.25, 0.3) is 0 Å². The summed E-state index contributed by atoms with van der Waals surface area (Å²) in [5.41, 5.74) is 0. The number of carbonyl (C=O) groups excluding carboxylic acids is 2. The van der Waals surface area contributed by atoms with Crippen LogP contribution in [0.2, 0.25) is 0 Å². The molecule has 0 bridgehead atoms. The van der Waals surface area contributed by atoms with E-state index in [1.54, 1.807) is 0 Å². The summed E-state index contributed by atoms with van der Waals surface area (Å²) in [5.74, 6) is 0.554. The van der Waals surface area contributed by atoms with E-state index in [1.807, 2.05) is 9.80 Å². The Hall–Kier alpha value is -1.14. The van der Waals surface area contributed by atoms with Crippen LogP contribution in [0.4, 0.5) is 0 Å². The summed E-state index contributed by atoms with van der Waals surface area (Å²) < 4.78 is 0. The topological polar surface area (TPSA) is 47.1 Å². The van der Waals surface area contributed by atoms with Crippen LogP contribution in [0.3, 0.4) is 0 Å². The molecule has 22 heavy (non-hydrogen) atoms. The lowest BCUT2D eigenvalue weighted by Crippen LogP contribution is -2.52. The fourth-order valence-corrected chi connectivity index (χ4v) is 3.62. The number of hydrogen-bond acceptors (Lipinski definition) is 4. The molecule has 0 aliphatic carbocycles. The molecule has 0 aromatic heterocycles. The molecule has 6 heteroatoms. The van der Waals surface area contributed by atoms with Crippen LogP contribution in [0.15, 0.2) is 0 Å². The van der Waals surface area contributed by atoms with Crippen LogP contribution in [-0.4, -0.2) is 96.9 Å². The molecule has 0 unspecified atom stereocenters. The third-order valence-electron chi connectivity index (χ3n) is 5.10. The van der Waals surface area contributed by atoms with Gasteiger partial charge >= 0.3 is 0 Å². The Morgan fingerprint density at radius 1 is 0.545 bits per heavy atom. The molecule has 0 N–H and O–H groups in total. The molecule has 0 aromatic carbocycles. The third kappa shape index (κ3) is 3.98. The van der Waals surface area contributed by atoms with E-state index in [1.165, 1.54) is 0 Å². The van der Waals surface area contributed by atoms with Crippen molar-refractivity contribution in [1.29, 1.82) is 0 Å². The smallest absolute Gasteiger partial charge is 0.236 e. The molecular weight excluding hydrogens is 280 g/mol. The summed E-state index contributed by atoms with van der Waals surface area (Å²) in [5, 5.41) is 0. The Kier molecular flexibility index (Phi) is 5.31. The fourth-order valence-electron chi connectivity index (χ4n) is 3.62. The molecule has 3 aliphatic heterocycles. The van der Waals surface area contributed by atoms with Crippen molar-refractivity contribution in [2.75, 3.05) is 65.4 Å². The van der Waals surface area contributed by atoms with Crippen molar-refractivity contribution in [3.63, 3.8) is 0 Å². The van der Waals surface area contributed by atoms with Gasteiger partial charge in [0.25, 0.3) is 0 Å². The molecule has 0 atom stereocenters. The van der Waals surface area contributed by atoms with E-state index in [-0.39, 0.29) is 11.8 Å². The molecule has 3 aliphatic rings. The summed E-state index contributed by atoms with van der Waals surface area (Å²) in [6.45, 7) is 8.42. The summed E-state index contributed by atoms with van der Waals surface area (Å²) in [6, 6.07) is 0. The average molecular weight is 308 g/mol. The SMILES string of the molecule is O=C(CN1CCN(CC(=O)N2CCCC2)CC1)N1CCCC1. The molecule has 0 radical (unpaired) electrons. The number of rotatable bonds is 4. The number of likely N-dealkylation sites (tertiary alicyclic amines) is 2. The van der Waals surface area contributed by atoms with E-state index in [0.29, 0.717) is 13.1 Å². The molecular formula is C16H28N4O2. The van der Waals surface area contributed by atoms with Gasteiger partial charge in [0.15, 0.2) is 0 Å². The number of amides is 2. The van der Waals surface area contributed by atoms with Crippen LogP contribution in [0.1, 0.15) is 25.7 Å². The first kappa shape index (κ1) is 15.7. The average Bonchev–Trinajstić information content (AvgIpc) is 3.23. The zero-order valence-electron chi connectivity index (χ0n) is 13.5. The van der Waals surface area contributed by atoms with Crippen molar-refractivity contribution in [3.8, 4) is 0 Å². The number of nitrogens with zero attached hydrogens (tertiary/aromatic N) is 4. The van der Waals surface area contributed by atoms with Crippen LogP contribution in [0.5, 0.6) is 0 Å². The van der Waals surface area contributed by atoms with Gasteiger partial charge < -0.3 is 9.80 Å². The van der Waals surface area contributed by atoms with E-state index in [9.17, 15) is 9.59 Å². The monoisotopic (exact) mass is 308 g/mol. The number of carbonyl (C=O) groups is 2. The molecule has 2 amide bonds. The predicted octanol–water partition coefficient (Wildman–Crippen LogP) is -0.151. The second kappa shape index (κ2) is 7.42. The fraction of sp³-hybridized carbons (Fsp3) is 0.875. The second-order valence-corrected chi connectivity index (χ2v) is 6.73. The van der Waals surface area contributed by atoms with E-state index in [2.05, 4.69) is 9.80 Å². The first-order valence-corrected chi connectivity index (χ1v) is 8.72. The lowest BCUT2D eigenvalue weighted by molar-refractivity contribution is -0.134. The molecule has 124 valence electrons. The minimum absolute atomic E-state index is 0.277. The molecule has 3 saturated heterocycles. The van der Waals surface area contributed by atoms with Crippen molar-refractivity contribution < 1.29 is 9.59 Å². The van der Waals surface area contributed by atoms with Crippen LogP contribution >= 0.6 is 0 Å². The summed E-state index contributed by atoms with van der Waals surface area (Å²) in [4.78, 5) is 32.8. The van der Waals surface area contributed by atoms with Crippen LogP contribution in [0, 0.1) is 0 Å². The third-order valence-corrected chi connectivity index (χ3v) is 5.10. The quantitative estimate of drug-likeness (QED) is 0.725. The summed E-state index contributed by atoms with van der Waals surface area (Å²) in [7, 11) is 0. The Morgan fingerprint density at radius 2 is 0.864 bits per heavy atom. The van der Waals surface area contributed by atoms with Gasteiger partial charge in [-0.1, -0.05) is 0 Å². The highest BCUT2D eigenvalue weighted by molar-refractivity contribution is 5.79. The molecule has 0 aromatic rings. The van der Waals surface area contributed by atoms with Gasteiger partial charge in [-0.2, -0.15) is 0 Å². The highest BCUT2D eigenvalue weighted by atomic mass is 16.2. The van der Waals surface area contributed by atoms with Crippen molar-refractivity contribution >= 4 is 11.8 Å². The van der Waals surface area contributed by atoms with Gasteiger partial charge in [0.1, 0.15) is 0 Å². The second-order valence-electron chi connectivity index (χ2n) is 6.73. The van der Waals surface area contributed by atoms with Crippen molar-refractivity contribution in [2.24, 2.45) is 0 Å². The van der Waals surface area contributed by atoms with Gasteiger partial charge in [0.2, 0.25) is 11.8 Å². The molecule has 3 heterocycles. The van der Waals surface area contributed by atoms with Crippen molar-refractivity contribution in [1.82, 2.24) is 19.6 Å². The van der Waals surface area contributed by atoms with Gasteiger partial charge in [-0.3, -0.25) is 19.4 Å². The van der Waals surface area contributed by atoms with Crippen molar-refractivity contribution in [2.45, 2.75) is 25.7 Å². The Labute approximate surface area is 133 Å². The Morgan fingerprint density at radius 3 is 1.18 bits per heavy atom. The first-order valence-electron chi connectivity index (χ1n) is 8.72. The zero-order valence-corrected chi connectivity index (χ0v) is 13.5. The van der Waals surface area contributed by atoms with Crippen LogP contribution in [-0.2, 0) is 9.59 Å². The predicted molar refractivity (Wildman–Crippen MR) is 84.5 cm³/mol. The van der Waals surface area contributed by atoms with Crippen molar-refractivity contribution in [3.05, 3.63) is 0 Å². The van der Waals surface area contributed by atoms with E-state index in [0.717, 1.165) is 78.0 Å². The zero-order chi connectivity index (χ0) is 15.4. The van der Waals surface area contributed by atoms with Crippen LogP contribution < -0.4 is 0 Å². The van der Waals surface area contributed by atoms with Gasteiger partial charge in [-0.25, -0.2) is 0 Å². The summed E-state index contributed by atoms with van der Waals surface area (Å²) >= 11 is 0. The van der Waals surface area contributed by atoms with Gasteiger partial charge in [0, 0.05) is 52.4 Å². The minimum Gasteiger partial charge on any atom is -0.342 e. The highest BCUT2D eigenvalue weighted by Gasteiger charge is 2.25. The lowest BCUT2D eigenvalue weighted by atomic mass is 10.3. The summed E-state index contributed by atoms with van der Waals surface area (Å²) in [6.07, 6.45) is 4.60. The van der Waals surface area contributed by atoms with Gasteiger partial charge in [-0.15, -0.1) is 0 Å². The maximum atomic E-state index is 12.2. The number of hydrogen-bond donors (Lipinski definition) is 0. The standard InChI is InChI=1S/C16H28N4O2/c21-15(19-5-1-2-6-19)13-17-9-11-18(12-10-17)14-16(22)20-7-3-4-8-20/h1-14H2. The highest BCUT2D eigenvalue weighted by Crippen LogP contribution is 2.11. The van der Waals surface area contributed by atoms with E-state index >= 15 is 0 Å². The first-order chi connectivity index (χ1) is 10.7. The van der Waals surface area contributed by atoms with Gasteiger partial charge in [0.05, 0.1) is 13.1 Å². The molecule has 0 spiro atoms. The Bertz CT molecular complexity index is 357. The maximum absolute atomic E-state index is 12.2. The minimum atomic E-state index is 0.277.